The van der Waals surface area contributed by atoms with E-state index in [0.29, 0.717) is 0 Å². The van der Waals surface area contributed by atoms with Crippen LogP contribution in [0.2, 0.25) is 0 Å². The van der Waals surface area contributed by atoms with Crippen LogP contribution in [-0.4, -0.2) is 6.61 Å². The largest absolute Gasteiger partial charge is 0.494 e. The summed E-state index contributed by atoms with van der Waals surface area (Å²) in [7, 11) is 0. The first-order valence-corrected chi connectivity index (χ1v) is 11.9. The molecule has 2 aromatic carbocycles. The lowest BCUT2D eigenvalue weighted by molar-refractivity contribution is -0.597. The van der Waals surface area contributed by atoms with Crippen LogP contribution in [0.1, 0.15) is 64.4 Å². The molecular weight excluding hydrogens is 419 g/mol. The number of aryl methyl sites for hydroxylation is 1. The third-order valence-electron chi connectivity index (χ3n) is 4.28. The molecule has 0 amide bonds. The van der Waals surface area contributed by atoms with Gasteiger partial charge in [0.05, 0.1) is 6.61 Å². The summed E-state index contributed by atoms with van der Waals surface area (Å²) in [5.41, 5.74) is 1.49. The molecule has 1 nitrogen and oxygen atoms in total. The van der Waals surface area contributed by atoms with Gasteiger partial charge < -0.3 is 4.74 Å². The van der Waals surface area contributed by atoms with E-state index in [1.807, 2.05) is 0 Å². The van der Waals surface area contributed by atoms with Gasteiger partial charge in [0.25, 0.3) is 0 Å². The monoisotopic (exact) mass is 451 g/mol. The molecule has 0 N–H and O–H groups in total. The van der Waals surface area contributed by atoms with Crippen LogP contribution in [0.5, 0.6) is 5.75 Å². The molecule has 25 heavy (non-hydrogen) atoms. The van der Waals surface area contributed by atoms with E-state index in [1.165, 1.54) is 57.6 Å². The molecule has 0 fully saturated rings. The number of unbranched alkanes of at least 4 members (excludes halogenated alkanes) is 5. The molecule has 0 bridgehead atoms. The highest BCUT2D eigenvalue weighted by Crippen LogP contribution is 2.10. The zero-order valence-corrected chi connectivity index (χ0v) is 17.9. The van der Waals surface area contributed by atoms with Crippen molar-refractivity contribution < 1.29 is 25.9 Å². The van der Waals surface area contributed by atoms with E-state index in [4.69, 9.17) is 4.74 Å². The minimum absolute atomic E-state index is 0.0916. The van der Waals surface area contributed by atoms with E-state index >= 15 is 0 Å². The van der Waals surface area contributed by atoms with E-state index in [1.54, 1.807) is 0 Å². The van der Waals surface area contributed by atoms with Crippen LogP contribution in [0.25, 0.3) is 0 Å². The molecule has 0 aromatic heterocycles. The van der Waals surface area contributed by atoms with E-state index in [2.05, 4.69) is 62.4 Å². The fraction of sp³-hybridized carbons (Fsp3) is 0.478. The van der Waals surface area contributed by atoms with Crippen molar-refractivity contribution in [2.75, 3.05) is 6.61 Å². The molecule has 2 aromatic rings. The van der Waals surface area contributed by atoms with Crippen molar-refractivity contribution in [1.29, 1.82) is 0 Å². The molecule has 0 heterocycles. The molecule has 136 valence electrons. The fourth-order valence-corrected chi connectivity index (χ4v) is 4.89. The van der Waals surface area contributed by atoms with E-state index in [0.717, 1.165) is 18.8 Å². The molecule has 0 aliphatic heterocycles. The summed E-state index contributed by atoms with van der Waals surface area (Å²) in [4.78, 5) is 0. The van der Waals surface area contributed by atoms with Gasteiger partial charge in [-0.15, -0.1) is 0 Å². The van der Waals surface area contributed by atoms with Crippen molar-refractivity contribution in [2.45, 2.75) is 65.2 Å². The van der Waals surface area contributed by atoms with E-state index in [-0.39, 0.29) is 21.2 Å². The summed E-state index contributed by atoms with van der Waals surface area (Å²) >= 11 is -0.0916. The fourth-order valence-electron chi connectivity index (χ4n) is 2.73. The average Bonchev–Trinajstić information content (AvgIpc) is 2.65. The predicted octanol–water partition coefficient (Wildman–Crippen LogP) is 3.51. The Balaban J connectivity index is 1.77. The topological polar surface area (TPSA) is 9.23 Å². The summed E-state index contributed by atoms with van der Waals surface area (Å²) < 4.78 is 8.74. The maximum atomic E-state index is 5.80. The van der Waals surface area contributed by atoms with Crippen LogP contribution >= 0.6 is 0 Å². The molecule has 0 saturated carbocycles. The quantitative estimate of drug-likeness (QED) is 0.355. The second kappa shape index (κ2) is 12.3. The molecule has 0 spiro atoms. The number of hydrogen-bond acceptors (Lipinski definition) is 1. The molecule has 0 aliphatic carbocycles. The Bertz CT molecular complexity index is 521. The van der Waals surface area contributed by atoms with Crippen LogP contribution < -0.4 is 25.9 Å². The van der Waals surface area contributed by atoms with Gasteiger partial charge >= 0.3 is 21.2 Å². The van der Waals surface area contributed by atoms with Crippen LogP contribution in [-0.2, 0) is 6.42 Å². The van der Waals surface area contributed by atoms with Crippen LogP contribution in [0, 0.1) is 7.14 Å². The van der Waals surface area contributed by atoms with Crippen molar-refractivity contribution in [3.05, 3.63) is 61.2 Å². The minimum Gasteiger partial charge on any atom is -0.494 e. The van der Waals surface area contributed by atoms with E-state index in [9.17, 15) is 0 Å². The van der Waals surface area contributed by atoms with Crippen molar-refractivity contribution in [3.8, 4) is 5.75 Å². The van der Waals surface area contributed by atoms with Gasteiger partial charge in [0.1, 0.15) is 5.75 Å². The minimum atomic E-state index is -0.0916. The Morgan fingerprint density at radius 1 is 0.680 bits per heavy atom. The molecule has 0 saturated heterocycles. The lowest BCUT2D eigenvalue weighted by atomic mass is 10.1. The van der Waals surface area contributed by atoms with Gasteiger partial charge in [0, 0.05) is 0 Å². The lowest BCUT2D eigenvalue weighted by Gasteiger charge is -2.04. The SMILES string of the molecule is CCCCCCc1ccc([I+]c2ccc(OCCCCC)cc2)cc1. The molecular formula is C23H32IO+. The highest BCUT2D eigenvalue weighted by molar-refractivity contribution is 5.21. The summed E-state index contributed by atoms with van der Waals surface area (Å²) in [5.74, 6) is 1.01. The smallest absolute Gasteiger partial charge is 0.357 e. The van der Waals surface area contributed by atoms with Gasteiger partial charge in [0.2, 0.25) is 0 Å². The van der Waals surface area contributed by atoms with Gasteiger partial charge in [-0.05, 0) is 61.2 Å². The highest BCUT2D eigenvalue weighted by atomic mass is 127. The Morgan fingerprint density at radius 2 is 1.28 bits per heavy atom. The van der Waals surface area contributed by atoms with Gasteiger partial charge in [-0.3, -0.25) is 0 Å². The van der Waals surface area contributed by atoms with Gasteiger partial charge in [0.15, 0.2) is 7.14 Å². The van der Waals surface area contributed by atoms with Crippen molar-refractivity contribution >= 4 is 0 Å². The summed E-state index contributed by atoms with van der Waals surface area (Å²) in [6.45, 7) is 5.32. The second-order valence-corrected chi connectivity index (χ2v) is 9.57. The molecule has 0 aliphatic rings. The van der Waals surface area contributed by atoms with Gasteiger partial charge in [-0.2, -0.15) is 0 Å². The van der Waals surface area contributed by atoms with Crippen LogP contribution in [0.15, 0.2) is 48.5 Å². The normalized spacial score (nSPS) is 10.8. The van der Waals surface area contributed by atoms with Crippen LogP contribution in [0.3, 0.4) is 0 Å². The molecule has 0 unspecified atom stereocenters. The average molecular weight is 451 g/mol. The molecule has 2 heteroatoms. The molecule has 0 radical (unpaired) electrons. The Kier molecular flexibility index (Phi) is 10.0. The third kappa shape index (κ3) is 8.26. The van der Waals surface area contributed by atoms with Crippen molar-refractivity contribution in [3.63, 3.8) is 0 Å². The van der Waals surface area contributed by atoms with Crippen molar-refractivity contribution in [2.24, 2.45) is 0 Å². The Morgan fingerprint density at radius 3 is 1.92 bits per heavy atom. The maximum Gasteiger partial charge on any atom is 0.357 e. The predicted molar refractivity (Wildman–Crippen MR) is 103 cm³/mol. The van der Waals surface area contributed by atoms with E-state index < -0.39 is 0 Å². The first-order valence-electron chi connectivity index (χ1n) is 9.78. The summed E-state index contributed by atoms with van der Waals surface area (Å²) in [6, 6.07) is 18.0. The molecule has 2 rings (SSSR count). The number of hydrogen-bond donors (Lipinski definition) is 0. The van der Waals surface area contributed by atoms with Gasteiger partial charge in [-0.1, -0.05) is 58.1 Å². The number of halogens is 1. The summed E-state index contributed by atoms with van der Waals surface area (Å²) in [6.07, 6.45) is 10.2. The summed E-state index contributed by atoms with van der Waals surface area (Å²) in [5, 5.41) is 0. The second-order valence-electron chi connectivity index (χ2n) is 6.54. The Labute approximate surface area is 164 Å². The maximum absolute atomic E-state index is 5.80. The first-order chi connectivity index (χ1) is 12.3. The van der Waals surface area contributed by atoms with Crippen molar-refractivity contribution in [1.82, 2.24) is 0 Å². The van der Waals surface area contributed by atoms with Crippen LogP contribution in [0.4, 0.5) is 0 Å². The molecule has 0 atom stereocenters. The standard InChI is InChI=1S/C23H32IO/c1-3-5-7-8-10-20-11-13-21(14-12-20)24-22-15-17-23(18-16-22)25-19-9-6-4-2/h11-18H,3-10,19H2,1-2H3/q+1. The number of benzene rings is 2. The highest BCUT2D eigenvalue weighted by Gasteiger charge is 2.15. The zero-order chi connectivity index (χ0) is 17.7. The first kappa shape index (κ1) is 20.3. The number of ether oxygens (including phenoxy) is 1. The number of rotatable bonds is 12. The zero-order valence-electron chi connectivity index (χ0n) is 15.8. The lowest BCUT2D eigenvalue weighted by Crippen LogP contribution is -3.61. The van der Waals surface area contributed by atoms with Gasteiger partial charge in [-0.25, -0.2) is 0 Å². The third-order valence-corrected chi connectivity index (χ3v) is 6.96. The Hall–Kier alpha value is -1.03.